The number of carbonyl (C=O) groups is 2. The second-order valence-corrected chi connectivity index (χ2v) is 5.77. The van der Waals surface area contributed by atoms with Gasteiger partial charge in [-0.05, 0) is 29.8 Å². The Hall–Kier alpha value is -2.96. The second kappa shape index (κ2) is 7.29. The normalized spacial score (nSPS) is 13.4. The van der Waals surface area contributed by atoms with Gasteiger partial charge in [0, 0.05) is 13.1 Å². The molecular weight excluding hydrogens is 326 g/mol. The molecule has 3 rings (SSSR count). The average Bonchev–Trinajstić information content (AvgIpc) is 3.30. The Labute approximate surface area is 145 Å². The fourth-order valence-electron chi connectivity index (χ4n) is 2.64. The van der Waals surface area contributed by atoms with Crippen molar-refractivity contribution in [2.75, 3.05) is 20.4 Å². The molecule has 0 spiro atoms. The van der Waals surface area contributed by atoms with E-state index < -0.39 is 5.92 Å². The molecule has 1 aliphatic heterocycles. The number of esters is 1. The van der Waals surface area contributed by atoms with Crippen LogP contribution >= 0.6 is 0 Å². The molecule has 1 aromatic heterocycles. The summed E-state index contributed by atoms with van der Waals surface area (Å²) in [4.78, 5) is 26.0. The monoisotopic (exact) mass is 345 g/mol. The number of nitrogens with zero attached hydrogens (tertiary/aromatic N) is 1. The summed E-state index contributed by atoms with van der Waals surface area (Å²) in [7, 11) is 1.33. The molecule has 0 radical (unpaired) electrons. The van der Waals surface area contributed by atoms with Crippen LogP contribution in [0, 0.1) is 5.92 Å². The number of amides is 1. The van der Waals surface area contributed by atoms with Crippen molar-refractivity contribution < 1.29 is 28.2 Å². The Balaban J connectivity index is 1.80. The minimum Gasteiger partial charge on any atom is -0.469 e. The lowest BCUT2D eigenvalue weighted by atomic mass is 10.1. The van der Waals surface area contributed by atoms with Crippen LogP contribution < -0.4 is 9.47 Å². The zero-order chi connectivity index (χ0) is 17.8. The van der Waals surface area contributed by atoms with E-state index >= 15 is 0 Å². The van der Waals surface area contributed by atoms with Crippen molar-refractivity contribution in [1.82, 2.24) is 4.90 Å². The molecule has 7 heteroatoms. The van der Waals surface area contributed by atoms with Crippen LogP contribution in [0.1, 0.15) is 23.0 Å². The number of carbonyl (C=O) groups excluding carboxylic acids is 2. The van der Waals surface area contributed by atoms with Crippen LogP contribution in [0.3, 0.4) is 0 Å². The summed E-state index contributed by atoms with van der Waals surface area (Å²) in [6.45, 7) is 2.42. The molecule has 1 aliphatic rings. The number of hydrogen-bond donors (Lipinski definition) is 0. The molecule has 132 valence electrons. The third kappa shape index (κ3) is 3.76. The van der Waals surface area contributed by atoms with E-state index in [2.05, 4.69) is 0 Å². The van der Waals surface area contributed by atoms with E-state index in [9.17, 15) is 9.59 Å². The third-order valence-corrected chi connectivity index (χ3v) is 3.93. The smallest absolute Gasteiger partial charge is 0.310 e. The van der Waals surface area contributed by atoms with Gasteiger partial charge in [0.25, 0.3) is 5.91 Å². The van der Waals surface area contributed by atoms with Crippen LogP contribution in [-0.2, 0) is 16.1 Å². The summed E-state index contributed by atoms with van der Waals surface area (Å²) < 4.78 is 20.6. The number of ether oxygens (including phenoxy) is 3. The summed E-state index contributed by atoms with van der Waals surface area (Å²) in [5, 5.41) is 0. The highest BCUT2D eigenvalue weighted by Gasteiger charge is 2.25. The van der Waals surface area contributed by atoms with E-state index in [0.29, 0.717) is 18.0 Å². The first-order chi connectivity index (χ1) is 12.1. The second-order valence-electron chi connectivity index (χ2n) is 5.77. The van der Waals surface area contributed by atoms with Gasteiger partial charge in [-0.2, -0.15) is 0 Å². The van der Waals surface area contributed by atoms with E-state index in [4.69, 9.17) is 18.6 Å². The summed E-state index contributed by atoms with van der Waals surface area (Å²) in [6.07, 6.45) is 1.44. The fourth-order valence-corrected chi connectivity index (χ4v) is 2.64. The molecule has 0 aliphatic carbocycles. The van der Waals surface area contributed by atoms with Crippen molar-refractivity contribution in [2.45, 2.75) is 13.5 Å². The van der Waals surface area contributed by atoms with Crippen LogP contribution in [0.2, 0.25) is 0 Å². The molecule has 1 aromatic carbocycles. The molecule has 0 saturated carbocycles. The number of rotatable bonds is 6. The summed E-state index contributed by atoms with van der Waals surface area (Å²) >= 11 is 0. The molecule has 2 heterocycles. The van der Waals surface area contributed by atoms with Crippen molar-refractivity contribution in [3.63, 3.8) is 0 Å². The zero-order valence-corrected chi connectivity index (χ0v) is 14.1. The van der Waals surface area contributed by atoms with Gasteiger partial charge < -0.3 is 23.5 Å². The quantitative estimate of drug-likeness (QED) is 0.749. The molecule has 2 aromatic rings. The maximum atomic E-state index is 12.7. The van der Waals surface area contributed by atoms with Crippen LogP contribution in [-0.4, -0.2) is 37.2 Å². The maximum Gasteiger partial charge on any atom is 0.310 e. The van der Waals surface area contributed by atoms with E-state index in [1.165, 1.54) is 13.4 Å². The van der Waals surface area contributed by atoms with Crippen molar-refractivity contribution in [1.29, 1.82) is 0 Å². The molecule has 0 saturated heterocycles. The topological polar surface area (TPSA) is 78.2 Å². The molecule has 1 amide bonds. The summed E-state index contributed by atoms with van der Waals surface area (Å²) in [6, 6.07) is 8.73. The highest BCUT2D eigenvalue weighted by molar-refractivity contribution is 5.91. The van der Waals surface area contributed by atoms with Gasteiger partial charge >= 0.3 is 5.97 Å². The minimum absolute atomic E-state index is 0.188. The molecule has 0 N–H and O–H groups in total. The number of furan rings is 1. The first kappa shape index (κ1) is 16.9. The molecule has 0 fully saturated rings. The predicted octanol–water partition coefficient (Wildman–Crippen LogP) is 2.46. The molecule has 0 bridgehead atoms. The van der Waals surface area contributed by atoms with E-state index in [-0.39, 0.29) is 31.0 Å². The Morgan fingerprint density at radius 1 is 1.24 bits per heavy atom. The lowest BCUT2D eigenvalue weighted by Gasteiger charge is -2.24. The van der Waals surface area contributed by atoms with Gasteiger partial charge in [-0.15, -0.1) is 0 Å². The first-order valence-corrected chi connectivity index (χ1v) is 7.87. The van der Waals surface area contributed by atoms with Gasteiger partial charge in [-0.25, -0.2) is 0 Å². The fraction of sp³-hybridized carbons (Fsp3) is 0.333. The lowest BCUT2D eigenvalue weighted by Crippen LogP contribution is -2.36. The van der Waals surface area contributed by atoms with Gasteiger partial charge in [-0.1, -0.05) is 13.0 Å². The van der Waals surface area contributed by atoms with Gasteiger partial charge in [0.2, 0.25) is 6.79 Å². The van der Waals surface area contributed by atoms with E-state index in [0.717, 1.165) is 5.56 Å². The van der Waals surface area contributed by atoms with Gasteiger partial charge in [-0.3, -0.25) is 9.59 Å². The Morgan fingerprint density at radius 3 is 2.76 bits per heavy atom. The molecule has 1 atom stereocenters. The number of fused-ring (bicyclic) bond motifs is 1. The molecule has 7 nitrogen and oxygen atoms in total. The Kier molecular flexibility index (Phi) is 4.92. The lowest BCUT2D eigenvalue weighted by molar-refractivity contribution is -0.145. The molecule has 25 heavy (non-hydrogen) atoms. The number of hydrogen-bond acceptors (Lipinski definition) is 6. The zero-order valence-electron chi connectivity index (χ0n) is 14.1. The molecular formula is C18H19NO6. The average molecular weight is 345 g/mol. The Bertz CT molecular complexity index is 755. The largest absolute Gasteiger partial charge is 0.469 e. The van der Waals surface area contributed by atoms with Crippen LogP contribution in [0.15, 0.2) is 41.0 Å². The number of methoxy groups -OCH3 is 1. The van der Waals surface area contributed by atoms with Crippen molar-refractivity contribution in [2.24, 2.45) is 5.92 Å². The van der Waals surface area contributed by atoms with Crippen LogP contribution in [0.5, 0.6) is 11.5 Å². The van der Waals surface area contributed by atoms with Crippen molar-refractivity contribution in [3.8, 4) is 11.5 Å². The summed E-state index contributed by atoms with van der Waals surface area (Å²) in [5.74, 6) is 0.414. The third-order valence-electron chi connectivity index (χ3n) is 3.93. The van der Waals surface area contributed by atoms with Crippen molar-refractivity contribution in [3.05, 3.63) is 47.9 Å². The number of benzene rings is 1. The summed E-state index contributed by atoms with van der Waals surface area (Å²) in [5.41, 5.74) is 0.862. The van der Waals surface area contributed by atoms with Crippen LogP contribution in [0.25, 0.3) is 0 Å². The standard InChI is InChI=1S/C18H19NO6/c1-12(18(21)22-2)9-19(17(20)15-4-3-7-23-15)10-13-5-6-14-16(8-13)25-11-24-14/h3-8,12H,9-11H2,1-2H3. The highest BCUT2D eigenvalue weighted by Crippen LogP contribution is 2.33. The maximum absolute atomic E-state index is 12.7. The van der Waals surface area contributed by atoms with Crippen LogP contribution in [0.4, 0.5) is 0 Å². The SMILES string of the molecule is COC(=O)C(C)CN(Cc1ccc2c(c1)OCO2)C(=O)c1ccco1. The predicted molar refractivity (Wildman–Crippen MR) is 87.2 cm³/mol. The highest BCUT2D eigenvalue weighted by atomic mass is 16.7. The van der Waals surface area contributed by atoms with Crippen molar-refractivity contribution >= 4 is 11.9 Å². The van der Waals surface area contributed by atoms with Gasteiger partial charge in [0.05, 0.1) is 19.3 Å². The van der Waals surface area contributed by atoms with Gasteiger partial charge in [0.1, 0.15) is 0 Å². The van der Waals surface area contributed by atoms with E-state index in [1.807, 2.05) is 12.1 Å². The van der Waals surface area contributed by atoms with E-state index in [1.54, 1.807) is 30.0 Å². The first-order valence-electron chi connectivity index (χ1n) is 7.87. The van der Waals surface area contributed by atoms with Gasteiger partial charge in [0.15, 0.2) is 17.3 Å². The minimum atomic E-state index is -0.460. The Morgan fingerprint density at radius 2 is 2.04 bits per heavy atom. The molecule has 1 unspecified atom stereocenters.